The number of hydrogen-bond donors (Lipinski definition) is 1. The fraction of sp³-hybridized carbons (Fsp3) is 0.840. The molecule has 1 amide bonds. The fourth-order valence-corrected chi connectivity index (χ4v) is 7.28. The lowest BCUT2D eigenvalue weighted by Gasteiger charge is -2.52. The predicted molar refractivity (Wildman–Crippen MR) is 128 cm³/mol. The number of hydrogen-bond acceptors (Lipinski definition) is 7. The molecule has 0 aromatic carbocycles. The highest BCUT2D eigenvalue weighted by Crippen LogP contribution is 2.69. The summed E-state index contributed by atoms with van der Waals surface area (Å²) in [5, 5.41) is 11.6. The molecule has 192 valence electrons. The molecular weight excluding hydrogens is 454 g/mol. The average Bonchev–Trinajstić information content (AvgIpc) is 3.31. The molecule has 2 aliphatic carbocycles. The average molecular weight is 496 g/mol. The third-order valence-electron chi connectivity index (χ3n) is 9.95. The quantitative estimate of drug-likeness (QED) is 0.450. The molecule has 4 aliphatic rings. The van der Waals surface area contributed by atoms with Crippen molar-refractivity contribution in [1.29, 1.82) is 0 Å². The first-order valence-corrected chi connectivity index (χ1v) is 15.2. The molecule has 8 nitrogen and oxygen atoms in total. The second-order valence-electron chi connectivity index (χ2n) is 12.6. The van der Waals surface area contributed by atoms with Crippen molar-refractivity contribution in [2.45, 2.75) is 103 Å². The highest BCUT2D eigenvalue weighted by Gasteiger charge is 2.73. The van der Waals surface area contributed by atoms with Crippen molar-refractivity contribution in [3.8, 4) is 0 Å². The summed E-state index contributed by atoms with van der Waals surface area (Å²) < 4.78 is 24.2. The van der Waals surface area contributed by atoms with Gasteiger partial charge in [-0.3, -0.25) is 0 Å². The van der Waals surface area contributed by atoms with Gasteiger partial charge in [0, 0.05) is 42.5 Å². The summed E-state index contributed by atoms with van der Waals surface area (Å²) in [5.41, 5.74) is -0.264. The van der Waals surface area contributed by atoms with Gasteiger partial charge in [-0.2, -0.15) is 0 Å². The standard InChI is InChI=1S/C25H41NO7Si/c1-16-17-14-18(26(7)20(28)33-34(8,9)21(2,3)4)22(5)10-11-25(30-12-13-31-25)23(22,6)15-24(17,29)32-19(16)27/h18,29H,10-15H2,1-9H3/t18-,22+,23-,24?/m0/s1. The van der Waals surface area contributed by atoms with Gasteiger partial charge in [0.2, 0.25) is 5.79 Å². The topological polar surface area (TPSA) is 94.5 Å². The van der Waals surface area contributed by atoms with Crippen LogP contribution in [0.5, 0.6) is 0 Å². The van der Waals surface area contributed by atoms with Crippen molar-refractivity contribution in [3.05, 3.63) is 11.1 Å². The zero-order valence-electron chi connectivity index (χ0n) is 22.2. The summed E-state index contributed by atoms with van der Waals surface area (Å²) in [6.45, 7) is 17.2. The van der Waals surface area contributed by atoms with Gasteiger partial charge in [0.25, 0.3) is 8.32 Å². The van der Waals surface area contributed by atoms with E-state index in [0.29, 0.717) is 37.2 Å². The Balaban J connectivity index is 1.80. The molecule has 1 spiro atoms. The Morgan fingerprint density at radius 1 is 1.18 bits per heavy atom. The van der Waals surface area contributed by atoms with Gasteiger partial charge >= 0.3 is 12.1 Å². The van der Waals surface area contributed by atoms with Gasteiger partial charge in [0.15, 0.2) is 5.79 Å². The van der Waals surface area contributed by atoms with Crippen LogP contribution in [-0.2, 0) is 23.4 Å². The molecule has 4 atom stereocenters. The highest BCUT2D eigenvalue weighted by atomic mass is 28.4. The zero-order valence-corrected chi connectivity index (χ0v) is 23.2. The lowest BCUT2D eigenvalue weighted by Crippen LogP contribution is -2.59. The fourth-order valence-electron chi connectivity index (χ4n) is 6.40. The molecule has 2 heterocycles. The molecule has 1 N–H and O–H groups in total. The summed E-state index contributed by atoms with van der Waals surface area (Å²) in [6.07, 6.45) is 1.48. The summed E-state index contributed by atoms with van der Waals surface area (Å²) in [6, 6.07) is -0.351. The Kier molecular flexibility index (Phi) is 5.69. The number of amides is 1. The second-order valence-corrected chi connectivity index (χ2v) is 17.3. The van der Waals surface area contributed by atoms with E-state index in [1.807, 2.05) is 6.92 Å². The molecule has 0 aromatic rings. The van der Waals surface area contributed by atoms with Crippen LogP contribution >= 0.6 is 0 Å². The second kappa shape index (κ2) is 7.54. The third kappa shape index (κ3) is 3.33. The van der Waals surface area contributed by atoms with E-state index in [2.05, 4.69) is 40.8 Å². The van der Waals surface area contributed by atoms with E-state index >= 15 is 0 Å². The van der Waals surface area contributed by atoms with Gasteiger partial charge in [-0.05, 0) is 43.3 Å². The Bertz CT molecular complexity index is 934. The Labute approximate surface area is 204 Å². The van der Waals surface area contributed by atoms with Crippen molar-refractivity contribution in [2.75, 3.05) is 20.3 Å². The smallest absolute Gasteiger partial charge is 0.396 e. The molecule has 9 heteroatoms. The minimum absolute atomic E-state index is 0.126. The summed E-state index contributed by atoms with van der Waals surface area (Å²) in [5.74, 6) is -3.17. The molecule has 34 heavy (non-hydrogen) atoms. The molecule has 3 fully saturated rings. The number of carbonyl (C=O) groups excluding carboxylic acids is 2. The van der Waals surface area contributed by atoms with Crippen LogP contribution in [0.3, 0.4) is 0 Å². The van der Waals surface area contributed by atoms with Crippen molar-refractivity contribution in [3.63, 3.8) is 0 Å². The molecular formula is C25H41NO7Si. The van der Waals surface area contributed by atoms with E-state index in [1.165, 1.54) is 0 Å². The summed E-state index contributed by atoms with van der Waals surface area (Å²) in [7, 11) is -0.593. The summed E-state index contributed by atoms with van der Waals surface area (Å²) >= 11 is 0. The van der Waals surface area contributed by atoms with Gasteiger partial charge in [-0.15, -0.1) is 0 Å². The van der Waals surface area contributed by atoms with E-state index in [9.17, 15) is 14.7 Å². The Morgan fingerprint density at radius 3 is 2.32 bits per heavy atom. The van der Waals surface area contributed by atoms with Crippen molar-refractivity contribution in [2.24, 2.45) is 10.8 Å². The maximum atomic E-state index is 13.6. The molecule has 0 radical (unpaired) electrons. The van der Waals surface area contributed by atoms with Gasteiger partial charge in [-0.1, -0.05) is 34.6 Å². The third-order valence-corrected chi connectivity index (χ3v) is 14.2. The molecule has 1 saturated heterocycles. The van der Waals surface area contributed by atoms with E-state index in [1.54, 1.807) is 18.9 Å². The molecule has 1 unspecified atom stereocenters. The van der Waals surface area contributed by atoms with Crippen LogP contribution in [-0.4, -0.2) is 68.3 Å². The Morgan fingerprint density at radius 2 is 1.76 bits per heavy atom. The lowest BCUT2D eigenvalue weighted by atomic mass is 9.60. The summed E-state index contributed by atoms with van der Waals surface area (Å²) in [4.78, 5) is 27.8. The number of rotatable bonds is 2. The maximum absolute atomic E-state index is 13.6. The molecule has 0 aromatic heterocycles. The maximum Gasteiger partial charge on any atom is 0.396 e. The van der Waals surface area contributed by atoms with Crippen LogP contribution in [0.25, 0.3) is 0 Å². The van der Waals surface area contributed by atoms with Gasteiger partial charge in [0.1, 0.15) is 0 Å². The first kappa shape index (κ1) is 25.7. The van der Waals surface area contributed by atoms with Crippen LogP contribution in [0.4, 0.5) is 4.79 Å². The molecule has 0 bridgehead atoms. The van der Waals surface area contributed by atoms with Crippen LogP contribution < -0.4 is 0 Å². The number of ether oxygens (including phenoxy) is 3. The Hall–Kier alpha value is -1.42. The van der Waals surface area contributed by atoms with Crippen LogP contribution in [0.15, 0.2) is 11.1 Å². The van der Waals surface area contributed by atoms with E-state index in [0.717, 1.165) is 6.42 Å². The first-order chi connectivity index (χ1) is 15.4. The lowest BCUT2D eigenvalue weighted by molar-refractivity contribution is -0.269. The largest absolute Gasteiger partial charge is 0.503 e. The number of esters is 1. The van der Waals surface area contributed by atoms with Crippen molar-refractivity contribution < 1.29 is 33.3 Å². The van der Waals surface area contributed by atoms with Gasteiger partial charge in [-0.25, -0.2) is 9.59 Å². The highest BCUT2D eigenvalue weighted by molar-refractivity contribution is 6.75. The van der Waals surface area contributed by atoms with Crippen molar-refractivity contribution >= 4 is 20.4 Å². The van der Waals surface area contributed by atoms with Crippen LogP contribution in [0.2, 0.25) is 18.1 Å². The SMILES string of the molecule is CC1=C2C[C@H](N(C)C(=O)O[Si](C)(C)C(C)(C)C)[C@@]3(C)CCC4(OCCO4)[C@@]3(C)CC2(O)OC1=O. The number of fused-ring (bicyclic) bond motifs is 3. The van der Waals surface area contributed by atoms with Gasteiger partial charge < -0.3 is 28.6 Å². The minimum atomic E-state index is -2.36. The monoisotopic (exact) mass is 495 g/mol. The molecule has 2 aliphatic heterocycles. The number of aliphatic hydroxyl groups is 1. The molecule has 4 rings (SSSR count). The van der Waals surface area contributed by atoms with E-state index in [-0.39, 0.29) is 23.6 Å². The van der Waals surface area contributed by atoms with Crippen LogP contribution in [0, 0.1) is 10.8 Å². The van der Waals surface area contributed by atoms with E-state index < -0.39 is 36.7 Å². The number of carbonyl (C=O) groups is 2. The predicted octanol–water partition coefficient (Wildman–Crippen LogP) is 4.33. The van der Waals surface area contributed by atoms with Gasteiger partial charge in [0.05, 0.1) is 13.2 Å². The number of nitrogens with zero attached hydrogens (tertiary/aromatic N) is 1. The van der Waals surface area contributed by atoms with Crippen molar-refractivity contribution in [1.82, 2.24) is 4.90 Å². The normalized spacial score (nSPS) is 37.4. The first-order valence-electron chi connectivity index (χ1n) is 12.3. The van der Waals surface area contributed by atoms with E-state index in [4.69, 9.17) is 18.6 Å². The van der Waals surface area contributed by atoms with Crippen LogP contribution in [0.1, 0.15) is 67.2 Å². The zero-order chi connectivity index (χ0) is 25.5. The molecule has 2 saturated carbocycles. The minimum Gasteiger partial charge on any atom is -0.503 e.